The number of rotatable bonds is 8. The second-order valence-corrected chi connectivity index (χ2v) is 5.55. The van der Waals surface area contributed by atoms with E-state index in [-0.39, 0.29) is 17.9 Å². The van der Waals surface area contributed by atoms with Crippen LogP contribution in [-0.4, -0.2) is 26.1 Å². The van der Waals surface area contributed by atoms with Gasteiger partial charge < -0.3 is 15.4 Å². The molecular formula is C19H24N2O2. The van der Waals surface area contributed by atoms with Crippen molar-refractivity contribution in [3.63, 3.8) is 0 Å². The van der Waals surface area contributed by atoms with Gasteiger partial charge in [0.15, 0.2) is 0 Å². The van der Waals surface area contributed by atoms with Gasteiger partial charge in [0.25, 0.3) is 0 Å². The van der Waals surface area contributed by atoms with Crippen LogP contribution in [0, 0.1) is 5.92 Å². The van der Waals surface area contributed by atoms with Gasteiger partial charge >= 0.3 is 0 Å². The monoisotopic (exact) mass is 312 g/mol. The van der Waals surface area contributed by atoms with Gasteiger partial charge in [-0.1, -0.05) is 55.5 Å². The van der Waals surface area contributed by atoms with E-state index in [2.05, 4.69) is 10.6 Å². The van der Waals surface area contributed by atoms with Crippen molar-refractivity contribution in [1.82, 2.24) is 10.6 Å². The van der Waals surface area contributed by atoms with Crippen LogP contribution in [0.4, 0.5) is 0 Å². The summed E-state index contributed by atoms with van der Waals surface area (Å²) in [6, 6.07) is 19.4. The smallest absolute Gasteiger partial charge is 0.224 e. The van der Waals surface area contributed by atoms with Gasteiger partial charge in [0.2, 0.25) is 5.91 Å². The van der Waals surface area contributed by atoms with Crippen molar-refractivity contribution in [3.8, 4) is 5.75 Å². The molecule has 2 unspecified atom stereocenters. The van der Waals surface area contributed by atoms with Crippen molar-refractivity contribution >= 4 is 5.91 Å². The molecule has 2 aromatic carbocycles. The predicted octanol–water partition coefficient (Wildman–Crippen LogP) is 2.78. The number of carbonyl (C=O) groups is 1. The van der Waals surface area contributed by atoms with Crippen LogP contribution in [-0.2, 0) is 4.79 Å². The van der Waals surface area contributed by atoms with Gasteiger partial charge in [-0.3, -0.25) is 4.79 Å². The molecule has 2 atom stereocenters. The maximum Gasteiger partial charge on any atom is 0.224 e. The standard InChI is InChI=1S/C19H24N2O2/c1-15(13-20-2)19(22)21-18(16-9-5-3-6-10-16)14-23-17-11-7-4-8-12-17/h3-12,15,18,20H,13-14H2,1-2H3,(H,21,22). The van der Waals surface area contributed by atoms with Crippen LogP contribution in [0.25, 0.3) is 0 Å². The molecule has 0 spiro atoms. The van der Waals surface area contributed by atoms with Gasteiger partial charge in [-0.15, -0.1) is 0 Å². The fraction of sp³-hybridized carbons (Fsp3) is 0.316. The molecule has 0 saturated carbocycles. The first-order chi connectivity index (χ1) is 11.2. The van der Waals surface area contributed by atoms with E-state index >= 15 is 0 Å². The molecule has 0 aliphatic rings. The van der Waals surface area contributed by atoms with Crippen LogP contribution in [0.2, 0.25) is 0 Å². The van der Waals surface area contributed by atoms with Gasteiger partial charge in [0.05, 0.1) is 6.04 Å². The average Bonchev–Trinajstić information content (AvgIpc) is 2.60. The van der Waals surface area contributed by atoms with Crippen LogP contribution in [0.3, 0.4) is 0 Å². The second-order valence-electron chi connectivity index (χ2n) is 5.55. The molecule has 0 fully saturated rings. The number of ether oxygens (including phenoxy) is 1. The van der Waals surface area contributed by atoms with Crippen LogP contribution in [0.1, 0.15) is 18.5 Å². The summed E-state index contributed by atoms with van der Waals surface area (Å²) in [5.41, 5.74) is 1.04. The van der Waals surface area contributed by atoms with E-state index in [1.165, 1.54) is 0 Å². The molecule has 0 saturated heterocycles. The molecule has 2 N–H and O–H groups in total. The lowest BCUT2D eigenvalue weighted by Crippen LogP contribution is -2.38. The first kappa shape index (κ1) is 17.0. The Morgan fingerprint density at radius 3 is 2.26 bits per heavy atom. The van der Waals surface area contributed by atoms with E-state index in [1.54, 1.807) is 0 Å². The second kappa shape index (κ2) is 8.96. The molecule has 4 heteroatoms. The van der Waals surface area contributed by atoms with Crippen LogP contribution < -0.4 is 15.4 Å². The van der Waals surface area contributed by atoms with Crippen molar-refractivity contribution in [2.45, 2.75) is 13.0 Å². The Hall–Kier alpha value is -2.33. The molecule has 2 aromatic rings. The fourth-order valence-corrected chi connectivity index (χ4v) is 2.32. The van der Waals surface area contributed by atoms with E-state index < -0.39 is 0 Å². The fourth-order valence-electron chi connectivity index (χ4n) is 2.32. The Bertz CT molecular complexity index is 587. The number of hydrogen-bond donors (Lipinski definition) is 2. The Morgan fingerprint density at radius 2 is 1.65 bits per heavy atom. The van der Waals surface area contributed by atoms with Crippen LogP contribution in [0.15, 0.2) is 60.7 Å². The lowest BCUT2D eigenvalue weighted by Gasteiger charge is -2.22. The third-order valence-electron chi connectivity index (χ3n) is 3.64. The number of benzene rings is 2. The highest BCUT2D eigenvalue weighted by Gasteiger charge is 2.19. The van der Waals surface area contributed by atoms with Gasteiger partial charge in [-0.2, -0.15) is 0 Å². The highest BCUT2D eigenvalue weighted by atomic mass is 16.5. The highest BCUT2D eigenvalue weighted by molar-refractivity contribution is 5.79. The molecule has 0 aliphatic heterocycles. The zero-order chi connectivity index (χ0) is 16.5. The van der Waals surface area contributed by atoms with Crippen LogP contribution in [0.5, 0.6) is 5.75 Å². The van der Waals surface area contributed by atoms with Gasteiger partial charge in [-0.25, -0.2) is 0 Å². The van der Waals surface area contributed by atoms with Crippen molar-refractivity contribution in [3.05, 3.63) is 66.2 Å². The summed E-state index contributed by atoms with van der Waals surface area (Å²) in [6.07, 6.45) is 0. The van der Waals surface area contributed by atoms with Gasteiger partial charge in [-0.05, 0) is 24.7 Å². The molecule has 0 aromatic heterocycles. The summed E-state index contributed by atoms with van der Waals surface area (Å²) in [4.78, 5) is 12.3. The molecule has 0 aliphatic carbocycles. The topological polar surface area (TPSA) is 50.4 Å². The van der Waals surface area contributed by atoms with Gasteiger partial charge in [0.1, 0.15) is 12.4 Å². The lowest BCUT2D eigenvalue weighted by atomic mass is 10.1. The Balaban J connectivity index is 2.05. The molecule has 1 amide bonds. The summed E-state index contributed by atoms with van der Waals surface area (Å²) in [6.45, 7) is 2.95. The highest BCUT2D eigenvalue weighted by Crippen LogP contribution is 2.16. The zero-order valence-corrected chi connectivity index (χ0v) is 13.7. The minimum absolute atomic E-state index is 0.0184. The predicted molar refractivity (Wildman–Crippen MR) is 92.4 cm³/mol. The van der Waals surface area contributed by atoms with Crippen molar-refractivity contribution < 1.29 is 9.53 Å². The first-order valence-electron chi connectivity index (χ1n) is 7.88. The number of amides is 1. The number of nitrogens with one attached hydrogen (secondary N) is 2. The minimum atomic E-state index is -0.178. The Morgan fingerprint density at radius 1 is 1.04 bits per heavy atom. The molecule has 4 nitrogen and oxygen atoms in total. The van der Waals surface area contributed by atoms with E-state index in [0.29, 0.717) is 13.2 Å². The molecule has 2 rings (SSSR count). The van der Waals surface area contributed by atoms with Gasteiger partial charge in [0, 0.05) is 12.5 Å². The SMILES string of the molecule is CNCC(C)C(=O)NC(COc1ccccc1)c1ccccc1. The Labute approximate surface area is 137 Å². The van der Waals surface area contributed by atoms with E-state index in [0.717, 1.165) is 11.3 Å². The largest absolute Gasteiger partial charge is 0.491 e. The molecule has 0 bridgehead atoms. The van der Waals surface area contributed by atoms with Crippen molar-refractivity contribution in [2.75, 3.05) is 20.2 Å². The summed E-state index contributed by atoms with van der Waals surface area (Å²) in [5.74, 6) is 0.721. The van der Waals surface area contributed by atoms with Crippen molar-refractivity contribution in [1.29, 1.82) is 0 Å². The summed E-state index contributed by atoms with van der Waals surface area (Å²) >= 11 is 0. The number of carbonyl (C=O) groups excluding carboxylic acids is 1. The van der Waals surface area contributed by atoms with E-state index in [9.17, 15) is 4.79 Å². The first-order valence-corrected chi connectivity index (χ1v) is 7.88. The normalized spacial score (nSPS) is 13.1. The Kier molecular flexibility index (Phi) is 6.63. The summed E-state index contributed by atoms with van der Waals surface area (Å²) in [5, 5.41) is 6.11. The average molecular weight is 312 g/mol. The van der Waals surface area contributed by atoms with Crippen LogP contribution >= 0.6 is 0 Å². The third-order valence-corrected chi connectivity index (χ3v) is 3.64. The third kappa shape index (κ3) is 5.42. The minimum Gasteiger partial charge on any atom is -0.491 e. The maximum atomic E-state index is 12.3. The van der Waals surface area contributed by atoms with E-state index in [4.69, 9.17) is 4.74 Å². The number of hydrogen-bond acceptors (Lipinski definition) is 3. The maximum absolute atomic E-state index is 12.3. The molecule has 23 heavy (non-hydrogen) atoms. The summed E-state index contributed by atoms with van der Waals surface area (Å²) < 4.78 is 5.83. The lowest BCUT2D eigenvalue weighted by molar-refractivity contribution is -0.125. The molecular weight excluding hydrogens is 288 g/mol. The molecule has 0 heterocycles. The quantitative estimate of drug-likeness (QED) is 0.788. The molecule has 122 valence electrons. The zero-order valence-electron chi connectivity index (χ0n) is 13.7. The van der Waals surface area contributed by atoms with E-state index in [1.807, 2.05) is 74.6 Å². The van der Waals surface area contributed by atoms with Crippen molar-refractivity contribution in [2.24, 2.45) is 5.92 Å². The summed E-state index contributed by atoms with van der Waals surface area (Å²) in [7, 11) is 1.84. The number of para-hydroxylation sites is 1. The molecule has 0 radical (unpaired) electrons.